The predicted molar refractivity (Wildman–Crippen MR) is 72.9 cm³/mol. The van der Waals surface area contributed by atoms with Gasteiger partial charge in [-0.25, -0.2) is 0 Å². The Morgan fingerprint density at radius 2 is 2.18 bits per heavy atom. The molecule has 1 amide bonds. The highest BCUT2D eigenvalue weighted by molar-refractivity contribution is 7.12. The van der Waals surface area contributed by atoms with Crippen molar-refractivity contribution in [2.75, 3.05) is 11.1 Å². The van der Waals surface area contributed by atoms with Crippen LogP contribution in [0, 0.1) is 6.92 Å². The topological polar surface area (TPSA) is 55.1 Å². The first-order valence-corrected chi connectivity index (χ1v) is 6.24. The van der Waals surface area contributed by atoms with Crippen LogP contribution in [0.3, 0.4) is 0 Å². The molecule has 1 aromatic carbocycles. The first-order chi connectivity index (χ1) is 8.08. The van der Waals surface area contributed by atoms with Gasteiger partial charge in [-0.15, -0.1) is 11.3 Å². The summed E-state index contributed by atoms with van der Waals surface area (Å²) in [6.07, 6.45) is 0. The number of nitrogens with one attached hydrogen (secondary N) is 1. The molecular formula is C12H11ClN2OS. The number of carbonyl (C=O) groups is 1. The lowest BCUT2D eigenvalue weighted by molar-refractivity contribution is 0.103. The maximum atomic E-state index is 11.9. The number of hydrogen-bond donors (Lipinski definition) is 2. The van der Waals surface area contributed by atoms with Crippen LogP contribution in [0.15, 0.2) is 29.6 Å². The van der Waals surface area contributed by atoms with Crippen molar-refractivity contribution in [3.63, 3.8) is 0 Å². The van der Waals surface area contributed by atoms with Crippen LogP contribution in [0.4, 0.5) is 11.4 Å². The Bertz CT molecular complexity index is 565. The van der Waals surface area contributed by atoms with Gasteiger partial charge in [-0.3, -0.25) is 4.79 Å². The molecule has 1 aromatic heterocycles. The fourth-order valence-electron chi connectivity index (χ4n) is 1.42. The van der Waals surface area contributed by atoms with Gasteiger partial charge in [0.05, 0.1) is 16.4 Å². The summed E-state index contributed by atoms with van der Waals surface area (Å²) in [7, 11) is 0. The third kappa shape index (κ3) is 2.60. The molecule has 0 aliphatic heterocycles. The lowest BCUT2D eigenvalue weighted by atomic mass is 10.2. The van der Waals surface area contributed by atoms with E-state index >= 15 is 0 Å². The molecule has 3 N–H and O–H groups in total. The molecule has 3 nitrogen and oxygen atoms in total. The average molecular weight is 267 g/mol. The Kier molecular flexibility index (Phi) is 3.36. The number of carbonyl (C=O) groups excluding carboxylic acids is 1. The Morgan fingerprint density at radius 3 is 2.82 bits per heavy atom. The highest BCUT2D eigenvalue weighted by Crippen LogP contribution is 2.25. The highest BCUT2D eigenvalue weighted by atomic mass is 35.5. The first-order valence-electron chi connectivity index (χ1n) is 4.98. The maximum absolute atomic E-state index is 11.9. The van der Waals surface area contributed by atoms with Crippen molar-refractivity contribution in [3.8, 4) is 0 Å². The molecule has 0 atom stereocenters. The predicted octanol–water partition coefficient (Wildman–Crippen LogP) is 3.54. The van der Waals surface area contributed by atoms with Gasteiger partial charge in [-0.05, 0) is 36.1 Å². The van der Waals surface area contributed by atoms with E-state index in [-0.39, 0.29) is 5.91 Å². The fraction of sp³-hybridized carbons (Fsp3) is 0.0833. The zero-order chi connectivity index (χ0) is 12.4. The zero-order valence-electron chi connectivity index (χ0n) is 9.16. The van der Waals surface area contributed by atoms with E-state index in [1.54, 1.807) is 17.5 Å². The van der Waals surface area contributed by atoms with Gasteiger partial charge in [-0.2, -0.15) is 0 Å². The Balaban J connectivity index is 2.24. The van der Waals surface area contributed by atoms with E-state index in [4.69, 9.17) is 17.3 Å². The van der Waals surface area contributed by atoms with Gasteiger partial charge in [0, 0.05) is 0 Å². The molecule has 0 saturated carbocycles. The molecule has 17 heavy (non-hydrogen) atoms. The van der Waals surface area contributed by atoms with Gasteiger partial charge in [-0.1, -0.05) is 17.7 Å². The minimum absolute atomic E-state index is 0.231. The van der Waals surface area contributed by atoms with E-state index in [2.05, 4.69) is 5.32 Å². The molecule has 0 aliphatic carbocycles. The molecule has 0 spiro atoms. The number of aryl methyl sites for hydroxylation is 1. The summed E-state index contributed by atoms with van der Waals surface area (Å²) in [6.45, 7) is 1.94. The smallest absolute Gasteiger partial charge is 0.267 e. The molecule has 0 aliphatic rings. The second-order valence-electron chi connectivity index (χ2n) is 3.64. The molecular weight excluding hydrogens is 256 g/mol. The lowest BCUT2D eigenvalue weighted by Crippen LogP contribution is -2.12. The summed E-state index contributed by atoms with van der Waals surface area (Å²) < 4.78 is 0. The Morgan fingerprint density at radius 1 is 1.41 bits per heavy atom. The standard InChI is InChI=1S/C12H11ClN2OS/c1-7-2-3-8(13)10(6-7)15-12(16)11-9(14)4-5-17-11/h2-6H,14H2,1H3,(H,15,16). The average Bonchev–Trinajstić information content (AvgIpc) is 2.70. The van der Waals surface area contributed by atoms with E-state index in [1.165, 1.54) is 11.3 Å². The second-order valence-corrected chi connectivity index (χ2v) is 4.97. The maximum Gasteiger partial charge on any atom is 0.267 e. The van der Waals surface area contributed by atoms with Gasteiger partial charge in [0.2, 0.25) is 0 Å². The van der Waals surface area contributed by atoms with Crippen molar-refractivity contribution < 1.29 is 4.79 Å². The summed E-state index contributed by atoms with van der Waals surface area (Å²) in [6, 6.07) is 7.17. The summed E-state index contributed by atoms with van der Waals surface area (Å²) in [5, 5.41) is 5.05. The van der Waals surface area contributed by atoms with Crippen LogP contribution in [0.5, 0.6) is 0 Å². The number of rotatable bonds is 2. The van der Waals surface area contributed by atoms with Crippen LogP contribution >= 0.6 is 22.9 Å². The first kappa shape index (κ1) is 12.0. The molecule has 88 valence electrons. The number of thiophene rings is 1. The molecule has 0 saturated heterocycles. The Hall–Kier alpha value is -1.52. The van der Waals surface area contributed by atoms with Crippen molar-refractivity contribution in [3.05, 3.63) is 45.1 Å². The van der Waals surface area contributed by atoms with Crippen LogP contribution in [0.2, 0.25) is 5.02 Å². The Labute approximate surface area is 108 Å². The van der Waals surface area contributed by atoms with Crippen molar-refractivity contribution in [1.82, 2.24) is 0 Å². The van der Waals surface area contributed by atoms with Crippen LogP contribution in [0.1, 0.15) is 15.2 Å². The monoisotopic (exact) mass is 266 g/mol. The molecule has 0 radical (unpaired) electrons. The van der Waals surface area contributed by atoms with Gasteiger partial charge in [0.1, 0.15) is 4.88 Å². The number of nitrogen functional groups attached to an aromatic ring is 1. The van der Waals surface area contributed by atoms with Gasteiger partial charge in [0.15, 0.2) is 0 Å². The third-order valence-corrected chi connectivity index (χ3v) is 3.53. The number of nitrogens with two attached hydrogens (primary N) is 1. The summed E-state index contributed by atoms with van der Waals surface area (Å²) in [5.41, 5.74) is 7.80. The van der Waals surface area contributed by atoms with Crippen LogP contribution < -0.4 is 11.1 Å². The van der Waals surface area contributed by atoms with Crippen molar-refractivity contribution in [1.29, 1.82) is 0 Å². The number of benzene rings is 1. The molecule has 1 heterocycles. The third-order valence-electron chi connectivity index (χ3n) is 2.27. The van der Waals surface area contributed by atoms with E-state index in [9.17, 15) is 4.79 Å². The van der Waals surface area contributed by atoms with Crippen LogP contribution in [-0.2, 0) is 0 Å². The molecule has 0 unspecified atom stereocenters. The molecule has 0 bridgehead atoms. The van der Waals surface area contributed by atoms with E-state index in [0.29, 0.717) is 21.3 Å². The second kappa shape index (κ2) is 4.77. The molecule has 5 heteroatoms. The summed E-state index contributed by atoms with van der Waals surface area (Å²) >= 11 is 7.31. The highest BCUT2D eigenvalue weighted by Gasteiger charge is 2.12. The van der Waals surface area contributed by atoms with E-state index < -0.39 is 0 Å². The minimum atomic E-state index is -0.231. The molecule has 0 fully saturated rings. The van der Waals surface area contributed by atoms with Gasteiger partial charge >= 0.3 is 0 Å². The number of halogens is 1. The largest absolute Gasteiger partial charge is 0.397 e. The van der Waals surface area contributed by atoms with E-state index in [1.807, 2.05) is 19.1 Å². The van der Waals surface area contributed by atoms with Gasteiger partial charge in [0.25, 0.3) is 5.91 Å². The van der Waals surface area contributed by atoms with E-state index in [0.717, 1.165) is 5.56 Å². The lowest BCUT2D eigenvalue weighted by Gasteiger charge is -2.07. The SMILES string of the molecule is Cc1ccc(Cl)c(NC(=O)c2sccc2N)c1. The van der Waals surface area contributed by atoms with Crippen LogP contribution in [-0.4, -0.2) is 5.91 Å². The summed E-state index contributed by atoms with van der Waals surface area (Å²) in [4.78, 5) is 12.4. The van der Waals surface area contributed by atoms with Crippen molar-refractivity contribution >= 4 is 40.2 Å². The van der Waals surface area contributed by atoms with Crippen molar-refractivity contribution in [2.45, 2.75) is 6.92 Å². The number of hydrogen-bond acceptors (Lipinski definition) is 3. The number of anilines is 2. The quantitative estimate of drug-likeness (QED) is 0.873. The number of amides is 1. The van der Waals surface area contributed by atoms with Crippen LogP contribution in [0.25, 0.3) is 0 Å². The normalized spacial score (nSPS) is 10.2. The van der Waals surface area contributed by atoms with Crippen molar-refractivity contribution in [2.24, 2.45) is 0 Å². The fourth-order valence-corrected chi connectivity index (χ4v) is 2.30. The zero-order valence-corrected chi connectivity index (χ0v) is 10.7. The molecule has 2 aromatic rings. The molecule has 2 rings (SSSR count). The minimum Gasteiger partial charge on any atom is -0.397 e. The van der Waals surface area contributed by atoms with Gasteiger partial charge < -0.3 is 11.1 Å². The summed E-state index contributed by atoms with van der Waals surface area (Å²) in [5.74, 6) is -0.231.